The predicted molar refractivity (Wildman–Crippen MR) is 160 cm³/mol. The van der Waals surface area contributed by atoms with E-state index in [0.717, 1.165) is 0 Å². The molecule has 20 atom stereocenters. The molecule has 20 unspecified atom stereocenters. The number of hydrogen-bond donors (Lipinski definition) is 12. The SMILES string of the molecule is CC(C)OC1OC(CO)C(OC2OC(CO)C(OC3OC(CO)C(OC4OC(CO)C(C(C)C)C(O)C4O)C(O)C3O)C(O)C2O)C(O)C1O. The molecule has 4 fully saturated rings. The maximum atomic E-state index is 11.0. The minimum Gasteiger partial charge on any atom is -0.394 e. The van der Waals surface area contributed by atoms with Crippen molar-refractivity contribution in [2.75, 3.05) is 26.4 Å². The third-order valence-electron chi connectivity index (χ3n) is 9.45. The minimum absolute atomic E-state index is 0.204. The molecule has 0 radical (unpaired) electrons. The van der Waals surface area contributed by atoms with Crippen molar-refractivity contribution >= 4 is 0 Å². The summed E-state index contributed by atoms with van der Waals surface area (Å²) in [6.45, 7) is 3.91. The second-order valence-corrected chi connectivity index (χ2v) is 13.6. The normalized spacial score (nSPS) is 49.1. The maximum absolute atomic E-state index is 11.0. The zero-order valence-corrected chi connectivity index (χ0v) is 28.2. The van der Waals surface area contributed by atoms with Gasteiger partial charge in [0, 0.05) is 5.92 Å². The number of rotatable bonds is 13. The lowest BCUT2D eigenvalue weighted by atomic mass is 9.81. The Labute approximate surface area is 288 Å². The molecule has 294 valence electrons. The molecular weight excluding hydrogens is 680 g/mol. The highest BCUT2D eigenvalue weighted by Crippen LogP contribution is 2.36. The summed E-state index contributed by atoms with van der Waals surface area (Å²) >= 11 is 0. The highest BCUT2D eigenvalue weighted by atomic mass is 16.8. The van der Waals surface area contributed by atoms with Gasteiger partial charge in [0.1, 0.15) is 79.4 Å². The first-order valence-electron chi connectivity index (χ1n) is 16.7. The van der Waals surface area contributed by atoms with Gasteiger partial charge in [0.05, 0.1) is 44.7 Å². The molecule has 20 heteroatoms. The zero-order valence-electron chi connectivity index (χ0n) is 28.2. The third kappa shape index (κ3) is 8.77. The summed E-state index contributed by atoms with van der Waals surface area (Å²) in [6.07, 6.45) is -31.1. The largest absolute Gasteiger partial charge is 0.394 e. The summed E-state index contributed by atoms with van der Waals surface area (Å²) < 4.78 is 44.9. The summed E-state index contributed by atoms with van der Waals surface area (Å²) in [5.74, 6) is -0.868. The Morgan fingerprint density at radius 2 is 0.720 bits per heavy atom. The number of ether oxygens (including phenoxy) is 8. The molecule has 0 aliphatic carbocycles. The molecular formula is C30H54O20. The van der Waals surface area contributed by atoms with Gasteiger partial charge in [-0.05, 0) is 19.8 Å². The first kappa shape index (κ1) is 41.9. The quantitative estimate of drug-likeness (QED) is 0.0837. The Kier molecular flexibility index (Phi) is 15.1. The van der Waals surface area contributed by atoms with Gasteiger partial charge >= 0.3 is 0 Å². The standard InChI is InChI=1S/C30H54O20/c1-9(2)15-11(5-31)44-28(20(39)16(15)35)48-25-13(7-33)46-30(22(41)18(25)37)50-26-14(8-34)47-29(23(42)19(26)38)49-24-12(6-32)45-27(43-10(3)4)21(40)17(24)36/h9-42H,5-8H2,1-4H3. The van der Waals surface area contributed by atoms with Crippen LogP contribution in [0.15, 0.2) is 0 Å². The van der Waals surface area contributed by atoms with Gasteiger partial charge < -0.3 is 99.2 Å². The fourth-order valence-electron chi connectivity index (χ4n) is 6.79. The molecule has 4 rings (SSSR count). The van der Waals surface area contributed by atoms with Gasteiger partial charge in [-0.15, -0.1) is 0 Å². The van der Waals surface area contributed by atoms with Crippen molar-refractivity contribution in [3.05, 3.63) is 0 Å². The van der Waals surface area contributed by atoms with Crippen LogP contribution in [0.1, 0.15) is 27.7 Å². The highest BCUT2D eigenvalue weighted by Gasteiger charge is 2.55. The Balaban J connectivity index is 1.43. The van der Waals surface area contributed by atoms with Crippen LogP contribution in [-0.2, 0) is 37.9 Å². The summed E-state index contributed by atoms with van der Waals surface area (Å²) in [4.78, 5) is 0. The lowest BCUT2D eigenvalue weighted by Crippen LogP contribution is -2.67. The summed E-state index contributed by atoms with van der Waals surface area (Å²) in [5.41, 5.74) is 0. The van der Waals surface area contributed by atoms with Gasteiger partial charge in [-0.25, -0.2) is 0 Å². The second-order valence-electron chi connectivity index (χ2n) is 13.6. The third-order valence-corrected chi connectivity index (χ3v) is 9.45. The fourth-order valence-corrected chi connectivity index (χ4v) is 6.79. The molecule has 0 bridgehead atoms. The molecule has 4 aliphatic rings. The lowest BCUT2D eigenvalue weighted by molar-refractivity contribution is -0.388. The van der Waals surface area contributed by atoms with Crippen molar-refractivity contribution < 1.29 is 99.2 Å². The fraction of sp³-hybridized carbons (Fsp3) is 1.00. The molecule has 4 aliphatic heterocycles. The van der Waals surface area contributed by atoms with Crippen LogP contribution in [0.3, 0.4) is 0 Å². The second kappa shape index (κ2) is 18.0. The minimum atomic E-state index is -1.97. The van der Waals surface area contributed by atoms with Crippen LogP contribution < -0.4 is 0 Å². The topological polar surface area (TPSA) is 317 Å². The van der Waals surface area contributed by atoms with Crippen molar-refractivity contribution in [3.8, 4) is 0 Å². The number of hydrogen-bond acceptors (Lipinski definition) is 20. The van der Waals surface area contributed by atoms with Crippen LogP contribution >= 0.6 is 0 Å². The maximum Gasteiger partial charge on any atom is 0.187 e. The molecule has 0 spiro atoms. The van der Waals surface area contributed by atoms with E-state index < -0.39 is 155 Å². The van der Waals surface area contributed by atoms with Gasteiger partial charge in [-0.3, -0.25) is 0 Å². The molecule has 50 heavy (non-hydrogen) atoms. The van der Waals surface area contributed by atoms with Crippen LogP contribution in [0, 0.1) is 11.8 Å². The first-order chi connectivity index (χ1) is 23.6. The zero-order chi connectivity index (χ0) is 37.2. The van der Waals surface area contributed by atoms with E-state index in [4.69, 9.17) is 37.9 Å². The molecule has 0 aromatic heterocycles. The van der Waals surface area contributed by atoms with Gasteiger partial charge in [0.15, 0.2) is 25.2 Å². The van der Waals surface area contributed by atoms with Crippen molar-refractivity contribution in [1.29, 1.82) is 0 Å². The van der Waals surface area contributed by atoms with E-state index in [1.807, 2.05) is 0 Å². The molecule has 0 aromatic rings. The van der Waals surface area contributed by atoms with E-state index in [1.165, 1.54) is 0 Å². The summed E-state index contributed by atoms with van der Waals surface area (Å²) in [5, 5.41) is 126. The molecule has 0 aromatic carbocycles. The number of aliphatic hydroxyl groups excluding tert-OH is 12. The predicted octanol–water partition coefficient (Wildman–Crippen LogP) is -6.40. The van der Waals surface area contributed by atoms with E-state index in [1.54, 1.807) is 27.7 Å². The van der Waals surface area contributed by atoms with Crippen LogP contribution in [0.4, 0.5) is 0 Å². The monoisotopic (exact) mass is 734 g/mol. The van der Waals surface area contributed by atoms with Gasteiger partial charge in [-0.1, -0.05) is 13.8 Å². The molecule has 12 N–H and O–H groups in total. The van der Waals surface area contributed by atoms with Gasteiger partial charge in [0.25, 0.3) is 0 Å². The molecule has 4 saturated heterocycles. The van der Waals surface area contributed by atoms with E-state index in [-0.39, 0.29) is 5.92 Å². The molecule has 0 saturated carbocycles. The van der Waals surface area contributed by atoms with Crippen LogP contribution in [0.25, 0.3) is 0 Å². The van der Waals surface area contributed by atoms with Crippen LogP contribution in [0.2, 0.25) is 0 Å². The van der Waals surface area contributed by atoms with Crippen LogP contribution in [0.5, 0.6) is 0 Å². The molecule has 4 heterocycles. The van der Waals surface area contributed by atoms with Crippen molar-refractivity contribution in [3.63, 3.8) is 0 Å². The molecule has 20 nitrogen and oxygen atoms in total. The van der Waals surface area contributed by atoms with Gasteiger partial charge in [0.2, 0.25) is 0 Å². The summed E-state index contributed by atoms with van der Waals surface area (Å²) in [7, 11) is 0. The summed E-state index contributed by atoms with van der Waals surface area (Å²) in [6, 6.07) is 0. The average molecular weight is 735 g/mol. The first-order valence-corrected chi connectivity index (χ1v) is 16.7. The van der Waals surface area contributed by atoms with Crippen molar-refractivity contribution in [2.45, 2.75) is 151 Å². The molecule has 0 amide bonds. The van der Waals surface area contributed by atoms with E-state index in [9.17, 15) is 61.3 Å². The van der Waals surface area contributed by atoms with Crippen molar-refractivity contribution in [2.24, 2.45) is 11.8 Å². The van der Waals surface area contributed by atoms with E-state index >= 15 is 0 Å². The van der Waals surface area contributed by atoms with E-state index in [0.29, 0.717) is 0 Å². The lowest BCUT2D eigenvalue weighted by Gasteiger charge is -2.49. The Bertz CT molecular complexity index is 1020. The van der Waals surface area contributed by atoms with Crippen molar-refractivity contribution in [1.82, 2.24) is 0 Å². The average Bonchev–Trinajstić information content (AvgIpc) is 3.08. The smallest absolute Gasteiger partial charge is 0.187 e. The Morgan fingerprint density at radius 1 is 0.420 bits per heavy atom. The Hall–Kier alpha value is -0.800. The number of aliphatic hydroxyl groups is 12. The van der Waals surface area contributed by atoms with E-state index in [2.05, 4.69) is 0 Å². The highest BCUT2D eigenvalue weighted by molar-refractivity contribution is 4.98. The Morgan fingerprint density at radius 3 is 1.04 bits per heavy atom. The van der Waals surface area contributed by atoms with Gasteiger partial charge in [-0.2, -0.15) is 0 Å². The van der Waals surface area contributed by atoms with Crippen LogP contribution in [-0.4, -0.2) is 211 Å².